The fraction of sp³-hybridized carbons (Fsp3) is 0.333. The Bertz CT molecular complexity index is 379. The summed E-state index contributed by atoms with van der Waals surface area (Å²) in [6.45, 7) is 0. The van der Waals surface area contributed by atoms with Gasteiger partial charge < -0.3 is 0 Å². The van der Waals surface area contributed by atoms with Gasteiger partial charge in [-0.2, -0.15) is 18.3 Å². The maximum absolute atomic E-state index is 11.7. The Balaban J connectivity index is 2.61. The Kier molecular flexibility index (Phi) is 3.28. The molecule has 1 aromatic rings. The van der Waals surface area contributed by atoms with Crippen LogP contribution in [0.15, 0.2) is 24.4 Å². The first kappa shape index (κ1) is 11.5. The molecule has 0 atom stereocenters. The molecular weight excluding hydrogens is 209 g/mol. The van der Waals surface area contributed by atoms with Gasteiger partial charge in [-0.05, 0) is 12.1 Å². The van der Waals surface area contributed by atoms with Crippen molar-refractivity contribution in [2.75, 3.05) is 0 Å². The molecule has 0 spiro atoms. The smallest absolute Gasteiger partial charge is 0.288 e. The zero-order valence-corrected chi connectivity index (χ0v) is 7.95. The van der Waals surface area contributed by atoms with E-state index in [1.165, 1.54) is 16.9 Å². The van der Waals surface area contributed by atoms with Crippen LogP contribution in [0, 0.1) is 0 Å². The van der Waals surface area contributed by atoms with Gasteiger partial charge in [0.15, 0.2) is 0 Å². The maximum Gasteiger partial charge on any atom is 0.392 e. The van der Waals surface area contributed by atoms with Crippen LogP contribution >= 0.6 is 0 Å². The van der Waals surface area contributed by atoms with Crippen LogP contribution in [0.5, 0.6) is 0 Å². The number of carbonyl (C=O) groups excluding carboxylic acids is 1. The van der Waals surface area contributed by atoms with Gasteiger partial charge in [0.25, 0.3) is 0 Å². The lowest BCUT2D eigenvalue weighted by atomic mass is 10.2. The molecule has 0 unspecified atom stereocenters. The Morgan fingerprint density at radius 1 is 1.60 bits per heavy atom. The van der Waals surface area contributed by atoms with E-state index in [1.54, 1.807) is 7.05 Å². The lowest BCUT2D eigenvalue weighted by Gasteiger charge is -2.00. The number of halogens is 3. The molecule has 0 saturated carbocycles. The third kappa shape index (κ3) is 3.57. The van der Waals surface area contributed by atoms with Crippen molar-refractivity contribution in [3.8, 4) is 0 Å². The second-order valence-electron chi connectivity index (χ2n) is 2.93. The van der Waals surface area contributed by atoms with E-state index in [4.69, 9.17) is 0 Å². The van der Waals surface area contributed by atoms with Crippen molar-refractivity contribution in [2.45, 2.75) is 12.6 Å². The van der Waals surface area contributed by atoms with E-state index < -0.39 is 18.4 Å². The number of nitrogens with zero attached hydrogens (tertiary/aromatic N) is 2. The van der Waals surface area contributed by atoms with Crippen molar-refractivity contribution >= 4 is 5.78 Å². The Hall–Kier alpha value is -1.59. The molecule has 0 aliphatic carbocycles. The summed E-state index contributed by atoms with van der Waals surface area (Å²) in [5.74, 6) is -0.487. The summed E-state index contributed by atoms with van der Waals surface area (Å²) < 4.78 is 36.5. The first-order valence-electron chi connectivity index (χ1n) is 4.16. The van der Waals surface area contributed by atoms with Crippen LogP contribution in [0.1, 0.15) is 16.9 Å². The zero-order chi connectivity index (χ0) is 11.5. The van der Waals surface area contributed by atoms with Crippen molar-refractivity contribution in [3.05, 3.63) is 30.1 Å². The first-order valence-corrected chi connectivity index (χ1v) is 4.16. The molecule has 3 nitrogen and oxygen atoms in total. The summed E-state index contributed by atoms with van der Waals surface area (Å²) in [4.78, 5) is 11.3. The van der Waals surface area contributed by atoms with Crippen molar-refractivity contribution in [2.24, 2.45) is 7.05 Å². The number of hydrogen-bond acceptors (Lipinski definition) is 2. The molecule has 0 amide bonds. The number of alkyl halides is 3. The number of aryl methyl sites for hydroxylation is 1. The molecule has 0 saturated heterocycles. The summed E-state index contributed by atoms with van der Waals surface area (Å²) in [5.41, 5.74) is 0.258. The summed E-state index contributed by atoms with van der Waals surface area (Å²) >= 11 is 0. The van der Waals surface area contributed by atoms with Crippen LogP contribution in [0.2, 0.25) is 0 Å². The second-order valence-corrected chi connectivity index (χ2v) is 2.93. The lowest BCUT2D eigenvalue weighted by Crippen LogP contribution is -2.06. The van der Waals surface area contributed by atoms with Gasteiger partial charge in [0.05, 0.1) is 6.42 Å². The molecular formula is C9H9F3N2O. The average molecular weight is 218 g/mol. The van der Waals surface area contributed by atoms with Crippen LogP contribution in [0.3, 0.4) is 0 Å². The molecule has 6 heteroatoms. The van der Waals surface area contributed by atoms with Gasteiger partial charge in [-0.3, -0.25) is 9.48 Å². The van der Waals surface area contributed by atoms with E-state index in [0.29, 0.717) is 0 Å². The molecule has 82 valence electrons. The normalized spacial score (nSPS) is 12.3. The van der Waals surface area contributed by atoms with Crippen molar-refractivity contribution < 1.29 is 18.0 Å². The van der Waals surface area contributed by atoms with Crippen LogP contribution in [-0.2, 0) is 7.05 Å². The van der Waals surface area contributed by atoms with E-state index >= 15 is 0 Å². The standard InChI is InChI=1S/C9H9F3N2O/c1-14-7(4-6-13-14)8(15)3-2-5-9(10,11)12/h2-4,6H,5H2,1H3/b3-2+. The van der Waals surface area contributed by atoms with Crippen LogP contribution < -0.4 is 0 Å². The molecule has 0 aliphatic heterocycles. The predicted octanol–water partition coefficient (Wildman–Crippen LogP) is 2.11. The summed E-state index contributed by atoms with van der Waals surface area (Å²) in [5, 5.41) is 3.73. The highest BCUT2D eigenvalue weighted by Crippen LogP contribution is 2.19. The van der Waals surface area contributed by atoms with Crippen LogP contribution in [-0.4, -0.2) is 21.7 Å². The van der Waals surface area contributed by atoms with E-state index in [1.807, 2.05) is 0 Å². The molecule has 0 N–H and O–H groups in total. The molecule has 0 bridgehead atoms. The average Bonchev–Trinajstić information content (AvgIpc) is 2.48. The fourth-order valence-corrected chi connectivity index (χ4v) is 1.00. The molecule has 1 aromatic heterocycles. The number of ketones is 1. The SMILES string of the molecule is Cn1nccc1C(=O)/C=C/CC(F)(F)F. The highest BCUT2D eigenvalue weighted by Gasteiger charge is 2.24. The summed E-state index contributed by atoms with van der Waals surface area (Å²) in [6.07, 6.45) is -2.26. The van der Waals surface area contributed by atoms with Gasteiger partial charge in [-0.1, -0.05) is 6.08 Å². The topological polar surface area (TPSA) is 34.9 Å². The third-order valence-electron chi connectivity index (χ3n) is 1.69. The van der Waals surface area contributed by atoms with Crippen molar-refractivity contribution in [3.63, 3.8) is 0 Å². The number of carbonyl (C=O) groups is 1. The van der Waals surface area contributed by atoms with Gasteiger partial charge in [0.1, 0.15) is 5.69 Å². The highest BCUT2D eigenvalue weighted by atomic mass is 19.4. The molecule has 0 fully saturated rings. The predicted molar refractivity (Wildman–Crippen MR) is 47.4 cm³/mol. The third-order valence-corrected chi connectivity index (χ3v) is 1.69. The van der Waals surface area contributed by atoms with Crippen LogP contribution in [0.25, 0.3) is 0 Å². The van der Waals surface area contributed by atoms with E-state index in [2.05, 4.69) is 5.10 Å². The second kappa shape index (κ2) is 4.29. The zero-order valence-electron chi connectivity index (χ0n) is 7.95. The Labute approximate surface area is 84.2 Å². The summed E-state index contributed by atoms with van der Waals surface area (Å²) in [6, 6.07) is 1.44. The number of rotatable bonds is 3. The minimum atomic E-state index is -4.27. The minimum absolute atomic E-state index is 0.258. The first-order chi connectivity index (χ1) is 6.90. The number of aromatic nitrogens is 2. The van der Waals surface area contributed by atoms with Crippen LogP contribution in [0.4, 0.5) is 13.2 Å². The van der Waals surface area contributed by atoms with Gasteiger partial charge in [0.2, 0.25) is 5.78 Å². The Morgan fingerprint density at radius 3 is 2.73 bits per heavy atom. The van der Waals surface area contributed by atoms with Crippen molar-refractivity contribution in [1.82, 2.24) is 9.78 Å². The summed E-state index contributed by atoms with van der Waals surface area (Å²) in [7, 11) is 1.55. The number of hydrogen-bond donors (Lipinski definition) is 0. The number of allylic oxidation sites excluding steroid dienone is 2. The van der Waals surface area contributed by atoms with Gasteiger partial charge in [-0.15, -0.1) is 0 Å². The lowest BCUT2D eigenvalue weighted by molar-refractivity contribution is -0.125. The maximum atomic E-state index is 11.7. The van der Waals surface area contributed by atoms with Crippen molar-refractivity contribution in [1.29, 1.82) is 0 Å². The quantitative estimate of drug-likeness (QED) is 0.575. The van der Waals surface area contributed by atoms with Gasteiger partial charge in [0, 0.05) is 13.2 Å². The molecule has 1 rings (SSSR count). The largest absolute Gasteiger partial charge is 0.392 e. The Morgan fingerprint density at radius 2 is 2.27 bits per heavy atom. The molecule has 0 aromatic carbocycles. The molecule has 0 radical (unpaired) electrons. The molecule has 1 heterocycles. The van der Waals surface area contributed by atoms with E-state index in [0.717, 1.165) is 12.2 Å². The molecule has 0 aliphatic rings. The fourth-order valence-electron chi connectivity index (χ4n) is 1.00. The molecule has 15 heavy (non-hydrogen) atoms. The van der Waals surface area contributed by atoms with E-state index in [-0.39, 0.29) is 5.69 Å². The van der Waals surface area contributed by atoms with E-state index in [9.17, 15) is 18.0 Å². The highest BCUT2D eigenvalue weighted by molar-refractivity contribution is 6.03. The van der Waals surface area contributed by atoms with Gasteiger partial charge in [-0.25, -0.2) is 0 Å². The monoisotopic (exact) mass is 218 g/mol. The minimum Gasteiger partial charge on any atom is -0.288 e. The van der Waals surface area contributed by atoms with Gasteiger partial charge >= 0.3 is 6.18 Å².